The number of nitrogens with zero attached hydrogens (tertiary/aromatic N) is 3. The summed E-state index contributed by atoms with van der Waals surface area (Å²) in [5.41, 5.74) is 1.76. The Bertz CT molecular complexity index is 905. The van der Waals surface area contributed by atoms with E-state index in [2.05, 4.69) is 4.90 Å². The number of Topliss-reactive ketones (excluding diaryl/α,β-unsaturated/α-hetero) is 1. The maximum atomic E-state index is 12.5. The number of nitro groups is 1. The van der Waals surface area contributed by atoms with E-state index in [1.807, 2.05) is 30.3 Å². The molecule has 0 saturated carbocycles. The van der Waals surface area contributed by atoms with Crippen molar-refractivity contribution in [1.29, 1.82) is 5.26 Å². The molecule has 3 rings (SSSR count). The van der Waals surface area contributed by atoms with Gasteiger partial charge >= 0.3 is 0 Å². The number of ketones is 1. The zero-order valence-corrected chi connectivity index (χ0v) is 14.1. The Morgan fingerprint density at radius 2 is 1.85 bits per heavy atom. The van der Waals surface area contributed by atoms with Gasteiger partial charge in [0.05, 0.1) is 4.92 Å². The van der Waals surface area contributed by atoms with E-state index in [0.29, 0.717) is 0 Å². The van der Waals surface area contributed by atoms with Gasteiger partial charge < -0.3 is 4.90 Å². The molecule has 0 radical (unpaired) electrons. The first-order valence-electron chi connectivity index (χ1n) is 8.34. The minimum Gasteiger partial charge on any atom is -0.372 e. The largest absolute Gasteiger partial charge is 0.372 e. The van der Waals surface area contributed by atoms with E-state index in [4.69, 9.17) is 0 Å². The summed E-state index contributed by atoms with van der Waals surface area (Å²) in [6, 6.07) is 15.0. The number of benzene rings is 2. The van der Waals surface area contributed by atoms with E-state index in [9.17, 15) is 20.2 Å². The molecule has 1 saturated heterocycles. The molecule has 0 unspecified atom stereocenters. The number of nitriles is 1. The summed E-state index contributed by atoms with van der Waals surface area (Å²) in [4.78, 5) is 25.1. The Morgan fingerprint density at radius 1 is 1.15 bits per heavy atom. The van der Waals surface area contributed by atoms with Crippen LogP contribution < -0.4 is 4.90 Å². The zero-order chi connectivity index (χ0) is 18.5. The van der Waals surface area contributed by atoms with E-state index in [1.54, 1.807) is 0 Å². The van der Waals surface area contributed by atoms with Crippen LogP contribution in [0.3, 0.4) is 0 Å². The molecule has 6 nitrogen and oxygen atoms in total. The monoisotopic (exact) mass is 347 g/mol. The first-order valence-corrected chi connectivity index (χ1v) is 8.34. The molecule has 0 aliphatic carbocycles. The predicted octanol–water partition coefficient (Wildman–Crippen LogP) is 3.98. The van der Waals surface area contributed by atoms with Gasteiger partial charge in [-0.05, 0) is 36.6 Å². The topological polar surface area (TPSA) is 87.2 Å². The molecule has 0 spiro atoms. The molecule has 6 heteroatoms. The van der Waals surface area contributed by atoms with Gasteiger partial charge in [-0.3, -0.25) is 14.9 Å². The average Bonchev–Trinajstić information content (AvgIpc) is 3.21. The molecule has 1 heterocycles. The van der Waals surface area contributed by atoms with E-state index >= 15 is 0 Å². The molecule has 0 amide bonds. The normalized spacial score (nSPS) is 14.1. The van der Waals surface area contributed by atoms with E-state index < -0.39 is 10.7 Å². The molecule has 0 aromatic heterocycles. The van der Waals surface area contributed by atoms with Gasteiger partial charge in [0.25, 0.3) is 5.69 Å². The molecule has 2 aromatic rings. The van der Waals surface area contributed by atoms with Crippen LogP contribution in [-0.2, 0) is 0 Å². The SMILES string of the molecule is N#C/C(=C/c1ccc(N2CCCC2)cc1)C(=O)c1cccc([N+](=O)[O-])c1. The Labute approximate surface area is 151 Å². The number of carbonyl (C=O) groups excluding carboxylic acids is 1. The summed E-state index contributed by atoms with van der Waals surface area (Å²) in [5, 5.41) is 20.2. The van der Waals surface area contributed by atoms with Crippen molar-refractivity contribution in [3.63, 3.8) is 0 Å². The van der Waals surface area contributed by atoms with Gasteiger partial charge in [-0.1, -0.05) is 24.3 Å². The highest BCUT2D eigenvalue weighted by Crippen LogP contribution is 2.22. The Kier molecular flexibility index (Phi) is 5.09. The summed E-state index contributed by atoms with van der Waals surface area (Å²) in [7, 11) is 0. The molecule has 0 atom stereocenters. The second-order valence-corrected chi connectivity index (χ2v) is 6.09. The van der Waals surface area contributed by atoms with Crippen molar-refractivity contribution in [2.75, 3.05) is 18.0 Å². The van der Waals surface area contributed by atoms with Gasteiger partial charge in [-0.15, -0.1) is 0 Å². The average molecular weight is 347 g/mol. The molecular formula is C20H17N3O3. The molecule has 26 heavy (non-hydrogen) atoms. The van der Waals surface area contributed by atoms with Crippen LogP contribution in [0.5, 0.6) is 0 Å². The van der Waals surface area contributed by atoms with E-state index in [-0.39, 0.29) is 16.8 Å². The lowest BCUT2D eigenvalue weighted by Crippen LogP contribution is -2.17. The first kappa shape index (κ1) is 17.4. The molecule has 130 valence electrons. The Balaban J connectivity index is 1.83. The highest BCUT2D eigenvalue weighted by atomic mass is 16.6. The van der Waals surface area contributed by atoms with Crippen LogP contribution in [0.1, 0.15) is 28.8 Å². The predicted molar refractivity (Wildman–Crippen MR) is 98.9 cm³/mol. The molecular weight excluding hydrogens is 330 g/mol. The lowest BCUT2D eigenvalue weighted by molar-refractivity contribution is -0.384. The van der Waals surface area contributed by atoms with E-state index in [1.165, 1.54) is 43.2 Å². The highest BCUT2D eigenvalue weighted by Gasteiger charge is 2.16. The molecule has 2 aromatic carbocycles. The number of hydrogen-bond donors (Lipinski definition) is 0. The van der Waals surface area contributed by atoms with Crippen molar-refractivity contribution in [2.24, 2.45) is 0 Å². The fourth-order valence-corrected chi connectivity index (χ4v) is 2.99. The number of anilines is 1. The zero-order valence-electron chi connectivity index (χ0n) is 14.1. The number of allylic oxidation sites excluding steroid dienone is 1. The summed E-state index contributed by atoms with van der Waals surface area (Å²) in [6.07, 6.45) is 3.89. The number of nitro benzene ring substituents is 1. The van der Waals surface area contributed by atoms with Gasteiger partial charge in [-0.2, -0.15) is 5.26 Å². The fraction of sp³-hybridized carbons (Fsp3) is 0.200. The molecule has 1 aliphatic rings. The summed E-state index contributed by atoms with van der Waals surface area (Å²) in [5.74, 6) is -0.528. The van der Waals surface area contributed by atoms with Crippen LogP contribution in [0.2, 0.25) is 0 Å². The molecule has 1 fully saturated rings. The van der Waals surface area contributed by atoms with Gasteiger partial charge in [0.1, 0.15) is 11.6 Å². The van der Waals surface area contributed by atoms with Crippen LogP contribution in [0.25, 0.3) is 6.08 Å². The van der Waals surface area contributed by atoms with Gasteiger partial charge in [0.2, 0.25) is 5.78 Å². The minimum absolute atomic E-state index is 0.0561. The van der Waals surface area contributed by atoms with Crippen molar-refractivity contribution in [3.05, 3.63) is 75.3 Å². The van der Waals surface area contributed by atoms with Crippen molar-refractivity contribution >= 4 is 23.2 Å². The third kappa shape index (κ3) is 3.78. The number of non-ortho nitro benzene ring substituents is 1. The van der Waals surface area contributed by atoms with Gasteiger partial charge in [0, 0.05) is 36.5 Å². The van der Waals surface area contributed by atoms with Crippen molar-refractivity contribution in [3.8, 4) is 6.07 Å². The number of rotatable bonds is 5. The van der Waals surface area contributed by atoms with Gasteiger partial charge in [-0.25, -0.2) is 0 Å². The molecule has 0 bridgehead atoms. The summed E-state index contributed by atoms with van der Waals surface area (Å²) >= 11 is 0. The lowest BCUT2D eigenvalue weighted by atomic mass is 10.0. The maximum absolute atomic E-state index is 12.5. The van der Waals surface area contributed by atoms with Crippen molar-refractivity contribution < 1.29 is 9.72 Å². The Morgan fingerprint density at radius 3 is 2.46 bits per heavy atom. The standard InChI is InChI=1S/C20H17N3O3/c21-14-17(20(24)16-4-3-5-19(13-16)23(25)26)12-15-6-8-18(9-7-15)22-10-1-2-11-22/h3-9,12-13H,1-2,10-11H2/b17-12-. The van der Waals surface area contributed by atoms with Crippen LogP contribution >= 0.6 is 0 Å². The second kappa shape index (κ2) is 7.62. The van der Waals surface area contributed by atoms with Crippen LogP contribution in [0.15, 0.2) is 54.1 Å². The molecule has 0 N–H and O–H groups in total. The number of hydrogen-bond acceptors (Lipinski definition) is 5. The minimum atomic E-state index is -0.566. The van der Waals surface area contributed by atoms with Crippen LogP contribution in [0.4, 0.5) is 11.4 Å². The Hall–Kier alpha value is -3.46. The molecule has 1 aliphatic heterocycles. The smallest absolute Gasteiger partial charge is 0.270 e. The maximum Gasteiger partial charge on any atom is 0.270 e. The first-order chi connectivity index (χ1) is 12.6. The van der Waals surface area contributed by atoms with Crippen molar-refractivity contribution in [1.82, 2.24) is 0 Å². The summed E-state index contributed by atoms with van der Waals surface area (Å²) in [6.45, 7) is 2.09. The van der Waals surface area contributed by atoms with Gasteiger partial charge in [0.15, 0.2) is 0 Å². The highest BCUT2D eigenvalue weighted by molar-refractivity contribution is 6.14. The fourth-order valence-electron chi connectivity index (χ4n) is 2.99. The third-order valence-corrected chi connectivity index (χ3v) is 4.36. The number of carbonyl (C=O) groups is 1. The third-order valence-electron chi connectivity index (χ3n) is 4.36. The quantitative estimate of drug-likeness (QED) is 0.268. The van der Waals surface area contributed by atoms with Crippen LogP contribution in [-0.4, -0.2) is 23.8 Å². The lowest BCUT2D eigenvalue weighted by Gasteiger charge is -2.17. The second-order valence-electron chi connectivity index (χ2n) is 6.09. The van der Waals surface area contributed by atoms with Crippen LogP contribution in [0, 0.1) is 21.4 Å². The summed E-state index contributed by atoms with van der Waals surface area (Å²) < 4.78 is 0. The van der Waals surface area contributed by atoms with E-state index in [0.717, 1.165) is 24.3 Å². The van der Waals surface area contributed by atoms with Crippen molar-refractivity contribution in [2.45, 2.75) is 12.8 Å².